The molecule has 0 amide bonds. The van der Waals surface area contributed by atoms with Gasteiger partial charge in [0, 0.05) is 24.3 Å². The molecule has 1 saturated heterocycles. The van der Waals surface area contributed by atoms with Crippen LogP contribution in [0, 0.1) is 0 Å². The van der Waals surface area contributed by atoms with E-state index in [0.29, 0.717) is 10.1 Å². The number of piperidine rings is 1. The molecule has 0 atom stereocenters. The third-order valence-electron chi connectivity index (χ3n) is 4.63. The molecule has 0 spiro atoms. The minimum absolute atomic E-state index is 0.0184. The minimum Gasteiger partial charge on any atom is -0.481 e. The molecule has 1 aliphatic rings. The first-order valence-corrected chi connectivity index (χ1v) is 11.8. The third kappa shape index (κ3) is 5.36. The van der Waals surface area contributed by atoms with Crippen molar-refractivity contribution in [3.05, 3.63) is 17.1 Å². The quantitative estimate of drug-likeness (QED) is 0.600. The summed E-state index contributed by atoms with van der Waals surface area (Å²) in [7, 11) is 0. The van der Waals surface area contributed by atoms with Crippen molar-refractivity contribution in [1.82, 2.24) is 4.98 Å². The number of thiazole rings is 1. The second kappa shape index (κ2) is 8.97. The number of carboxylic acids is 1. The largest absolute Gasteiger partial charge is 0.481 e. The third-order valence-corrected chi connectivity index (χ3v) is 7.30. The number of benzene rings is 1. The van der Waals surface area contributed by atoms with Crippen molar-refractivity contribution in [3.8, 4) is 0 Å². The van der Waals surface area contributed by atoms with Gasteiger partial charge in [-0.05, 0) is 31.4 Å². The zero-order chi connectivity index (χ0) is 20.3. The molecule has 28 heavy (non-hydrogen) atoms. The molecule has 0 radical (unpaired) electrons. The van der Waals surface area contributed by atoms with E-state index >= 15 is 0 Å². The van der Waals surface area contributed by atoms with Crippen LogP contribution in [0.5, 0.6) is 0 Å². The number of fused-ring (bicyclic) bond motifs is 1. The van der Waals surface area contributed by atoms with Crippen molar-refractivity contribution in [2.75, 3.05) is 29.1 Å². The van der Waals surface area contributed by atoms with Crippen molar-refractivity contribution in [2.45, 2.75) is 51.9 Å². The highest BCUT2D eigenvalue weighted by Crippen LogP contribution is 2.38. The van der Waals surface area contributed by atoms with Crippen LogP contribution in [0.3, 0.4) is 0 Å². The average Bonchev–Trinajstić information content (AvgIpc) is 3.05. The summed E-state index contributed by atoms with van der Waals surface area (Å²) in [4.78, 5) is 18.0. The molecule has 2 aromatic rings. The summed E-state index contributed by atoms with van der Waals surface area (Å²) in [5, 5.41) is 13.3. The van der Waals surface area contributed by atoms with Crippen LogP contribution in [-0.2, 0) is 10.2 Å². The van der Waals surface area contributed by atoms with Gasteiger partial charge in [0.05, 0.1) is 33.0 Å². The summed E-state index contributed by atoms with van der Waals surface area (Å²) in [6.45, 7) is 8.63. The molecule has 3 rings (SSSR count). The number of anilines is 2. The molecular formula is C20H27N3O2S3. The number of nitrogens with zero attached hydrogens (tertiary/aromatic N) is 2. The second-order valence-electron chi connectivity index (χ2n) is 8.06. The van der Waals surface area contributed by atoms with Gasteiger partial charge in [0.25, 0.3) is 0 Å². The lowest BCUT2D eigenvalue weighted by molar-refractivity contribution is -0.136. The average molecular weight is 438 g/mol. The van der Waals surface area contributed by atoms with E-state index in [1.165, 1.54) is 31.0 Å². The van der Waals surface area contributed by atoms with Gasteiger partial charge in [-0.25, -0.2) is 4.98 Å². The number of hydrogen-bond acceptors (Lipinski definition) is 6. The van der Waals surface area contributed by atoms with Gasteiger partial charge in [0.15, 0.2) is 0 Å². The van der Waals surface area contributed by atoms with Crippen molar-refractivity contribution >= 4 is 67.2 Å². The van der Waals surface area contributed by atoms with E-state index in [4.69, 9.17) is 22.3 Å². The molecular weight excluding hydrogens is 410 g/mol. The fourth-order valence-electron chi connectivity index (χ4n) is 3.16. The number of rotatable bonds is 5. The first-order chi connectivity index (χ1) is 13.2. The normalized spacial score (nSPS) is 15.0. The summed E-state index contributed by atoms with van der Waals surface area (Å²) in [6.07, 6.45) is 3.77. The molecule has 1 aliphatic heterocycles. The van der Waals surface area contributed by atoms with E-state index in [1.54, 1.807) is 11.3 Å². The lowest BCUT2D eigenvalue weighted by Crippen LogP contribution is -2.30. The van der Waals surface area contributed by atoms with Gasteiger partial charge in [-0.2, -0.15) is 0 Å². The Morgan fingerprint density at radius 3 is 2.68 bits per heavy atom. The van der Waals surface area contributed by atoms with E-state index < -0.39 is 5.97 Å². The van der Waals surface area contributed by atoms with Gasteiger partial charge < -0.3 is 15.3 Å². The Hall–Kier alpha value is -1.38. The number of nitrogens with one attached hydrogen (secondary N) is 1. The molecule has 1 aromatic carbocycles. The molecule has 1 fully saturated rings. The number of aromatic nitrogens is 1. The zero-order valence-corrected chi connectivity index (χ0v) is 19.0. The Morgan fingerprint density at radius 2 is 2.04 bits per heavy atom. The second-order valence-corrected chi connectivity index (χ2v) is 10.9. The standard InChI is InChI=1S/C20H27N3O2S3/c1-20(2,3)18-21-14-11-15(23-8-5-4-6-9-23)13(12-16(14)28-18)22-19(26)27-10-7-17(24)25/h11-12H,4-10H2,1-3H3,(H,22,26)(H,24,25). The molecule has 0 aliphatic carbocycles. The number of thioether (sulfide) groups is 1. The SMILES string of the molecule is CC(C)(C)c1nc2cc(N3CCCCC3)c(NC(=S)SCCC(=O)O)cc2s1. The van der Waals surface area contributed by atoms with E-state index in [9.17, 15) is 4.79 Å². The van der Waals surface area contributed by atoms with E-state index in [2.05, 4.69) is 43.1 Å². The molecule has 5 nitrogen and oxygen atoms in total. The van der Waals surface area contributed by atoms with Crippen molar-refractivity contribution in [3.63, 3.8) is 0 Å². The van der Waals surface area contributed by atoms with Gasteiger partial charge >= 0.3 is 5.97 Å². The van der Waals surface area contributed by atoms with Crippen molar-refractivity contribution < 1.29 is 9.90 Å². The van der Waals surface area contributed by atoms with Crippen LogP contribution in [0.1, 0.15) is 51.5 Å². The van der Waals surface area contributed by atoms with Gasteiger partial charge in [-0.15, -0.1) is 11.3 Å². The summed E-state index contributed by atoms with van der Waals surface area (Å²) in [5.74, 6) is -0.331. The van der Waals surface area contributed by atoms with Crippen LogP contribution < -0.4 is 10.2 Å². The van der Waals surface area contributed by atoms with Crippen LogP contribution in [0.25, 0.3) is 10.2 Å². The summed E-state index contributed by atoms with van der Waals surface area (Å²) in [5.41, 5.74) is 3.18. The summed E-state index contributed by atoms with van der Waals surface area (Å²) in [6, 6.07) is 4.33. The van der Waals surface area contributed by atoms with Crippen molar-refractivity contribution in [2.24, 2.45) is 0 Å². The first kappa shape index (κ1) is 21.3. The highest BCUT2D eigenvalue weighted by molar-refractivity contribution is 8.23. The Labute approximate surface area is 179 Å². The van der Waals surface area contributed by atoms with Gasteiger partial charge in [-0.3, -0.25) is 4.79 Å². The maximum absolute atomic E-state index is 10.7. The fraction of sp³-hybridized carbons (Fsp3) is 0.550. The molecule has 2 N–H and O–H groups in total. The van der Waals surface area contributed by atoms with Gasteiger partial charge in [-0.1, -0.05) is 44.8 Å². The first-order valence-electron chi connectivity index (χ1n) is 9.59. The van der Waals surface area contributed by atoms with Crippen LogP contribution in [-0.4, -0.2) is 39.2 Å². The monoisotopic (exact) mass is 437 g/mol. The van der Waals surface area contributed by atoms with Crippen LogP contribution in [0.15, 0.2) is 12.1 Å². The Balaban J connectivity index is 1.90. The van der Waals surface area contributed by atoms with Crippen LogP contribution >= 0.6 is 35.3 Å². The minimum atomic E-state index is -0.801. The number of carboxylic acid groups (broad SMARTS) is 1. The van der Waals surface area contributed by atoms with Crippen molar-refractivity contribution in [1.29, 1.82) is 0 Å². The number of hydrogen-bond donors (Lipinski definition) is 2. The molecule has 152 valence electrons. The predicted molar refractivity (Wildman–Crippen MR) is 125 cm³/mol. The van der Waals surface area contributed by atoms with Gasteiger partial charge in [0.1, 0.15) is 4.32 Å². The highest BCUT2D eigenvalue weighted by atomic mass is 32.2. The van der Waals surface area contributed by atoms with E-state index in [0.717, 1.165) is 39.7 Å². The Kier molecular flexibility index (Phi) is 6.83. The van der Waals surface area contributed by atoms with Gasteiger partial charge in [0.2, 0.25) is 0 Å². The summed E-state index contributed by atoms with van der Waals surface area (Å²) < 4.78 is 1.76. The number of thiocarbonyl (C=S) groups is 1. The highest BCUT2D eigenvalue weighted by Gasteiger charge is 2.22. The molecule has 1 aromatic heterocycles. The molecule has 0 unspecified atom stereocenters. The van der Waals surface area contributed by atoms with Crippen LogP contribution in [0.4, 0.5) is 11.4 Å². The number of carbonyl (C=O) groups is 1. The molecule has 2 heterocycles. The smallest absolute Gasteiger partial charge is 0.304 e. The van der Waals surface area contributed by atoms with Crippen LogP contribution in [0.2, 0.25) is 0 Å². The molecule has 0 bridgehead atoms. The molecule has 8 heteroatoms. The Bertz CT molecular complexity index is 867. The Morgan fingerprint density at radius 1 is 1.32 bits per heavy atom. The lowest BCUT2D eigenvalue weighted by atomic mass is 9.98. The number of aliphatic carboxylic acids is 1. The fourth-order valence-corrected chi connectivity index (χ4v) is 5.21. The summed E-state index contributed by atoms with van der Waals surface area (Å²) >= 11 is 8.57. The van der Waals surface area contributed by atoms with E-state index in [1.807, 2.05) is 0 Å². The zero-order valence-electron chi connectivity index (χ0n) is 16.6. The topological polar surface area (TPSA) is 65.5 Å². The maximum Gasteiger partial charge on any atom is 0.304 e. The van der Waals surface area contributed by atoms with E-state index in [-0.39, 0.29) is 11.8 Å². The predicted octanol–water partition coefficient (Wildman–Crippen LogP) is 5.49. The maximum atomic E-state index is 10.7. The lowest BCUT2D eigenvalue weighted by Gasteiger charge is -2.30. The molecule has 0 saturated carbocycles.